The quantitative estimate of drug-likeness (QED) is 0.856. The molecule has 2 rings (SSSR count). The Bertz CT molecular complexity index is 706. The minimum absolute atomic E-state index is 0.0722. The Balaban J connectivity index is 2.26. The molecule has 2 aromatic heterocycles. The number of rotatable bonds is 6. The zero-order valence-corrected chi connectivity index (χ0v) is 15.3. The van der Waals surface area contributed by atoms with Gasteiger partial charge in [0.15, 0.2) is 0 Å². The van der Waals surface area contributed by atoms with E-state index in [1.54, 1.807) is 6.20 Å². The molecule has 2 aromatic rings. The molecule has 0 saturated carbocycles. The summed E-state index contributed by atoms with van der Waals surface area (Å²) in [6.07, 6.45) is 1.78. The number of pyridine rings is 1. The van der Waals surface area contributed by atoms with Gasteiger partial charge in [0.05, 0.1) is 23.3 Å². The minimum atomic E-state index is -0.416. The van der Waals surface area contributed by atoms with Crippen LogP contribution in [0.1, 0.15) is 48.2 Å². The molecule has 1 unspecified atom stereocenters. The van der Waals surface area contributed by atoms with Gasteiger partial charge in [0.25, 0.3) is 5.91 Å². The molecule has 130 valence electrons. The number of aromatic nitrogens is 2. The van der Waals surface area contributed by atoms with Gasteiger partial charge in [0.1, 0.15) is 0 Å². The van der Waals surface area contributed by atoms with Gasteiger partial charge in [-0.15, -0.1) is 0 Å². The van der Waals surface area contributed by atoms with Gasteiger partial charge in [0.2, 0.25) is 0 Å². The van der Waals surface area contributed by atoms with Crippen molar-refractivity contribution in [2.45, 2.75) is 46.7 Å². The molecule has 0 fully saturated rings. The van der Waals surface area contributed by atoms with Crippen LogP contribution in [-0.2, 0) is 6.54 Å². The summed E-state index contributed by atoms with van der Waals surface area (Å²) in [5, 5.41) is 3.11. The van der Waals surface area contributed by atoms with Crippen LogP contribution >= 0.6 is 0 Å². The van der Waals surface area contributed by atoms with Crippen molar-refractivity contribution in [1.29, 1.82) is 0 Å². The van der Waals surface area contributed by atoms with Crippen molar-refractivity contribution in [1.82, 2.24) is 14.9 Å². The molecule has 0 aliphatic rings. The summed E-state index contributed by atoms with van der Waals surface area (Å²) in [6.45, 7) is 11.2. The number of nitrogens with zero attached hydrogens (tertiary/aromatic N) is 2. The third kappa shape index (κ3) is 3.67. The molecule has 1 atom stereocenters. The smallest absolute Gasteiger partial charge is 0.253 e. The lowest BCUT2D eigenvalue weighted by atomic mass is 9.88. The molecule has 2 heterocycles. The van der Waals surface area contributed by atoms with E-state index in [9.17, 15) is 4.79 Å². The molecule has 5 nitrogen and oxygen atoms in total. The molecular formula is C19H28N4O. The van der Waals surface area contributed by atoms with Crippen molar-refractivity contribution in [2.75, 3.05) is 6.54 Å². The molecule has 5 heteroatoms. The van der Waals surface area contributed by atoms with E-state index < -0.39 is 5.54 Å². The largest absolute Gasteiger partial charge is 0.345 e. The second-order valence-electron chi connectivity index (χ2n) is 6.92. The average molecular weight is 328 g/mol. The first-order valence-electron chi connectivity index (χ1n) is 8.37. The Morgan fingerprint density at radius 3 is 2.62 bits per heavy atom. The van der Waals surface area contributed by atoms with E-state index in [2.05, 4.69) is 28.7 Å². The molecule has 3 N–H and O–H groups in total. The number of carbonyl (C=O) groups excluding carboxylic acids is 1. The molecule has 0 aliphatic heterocycles. The fraction of sp³-hybridized carbons (Fsp3) is 0.474. The summed E-state index contributed by atoms with van der Waals surface area (Å²) in [7, 11) is 0. The Morgan fingerprint density at radius 1 is 1.38 bits per heavy atom. The van der Waals surface area contributed by atoms with Crippen LogP contribution in [0.5, 0.6) is 0 Å². The molecule has 0 radical (unpaired) electrons. The predicted molar refractivity (Wildman–Crippen MR) is 97.0 cm³/mol. The van der Waals surface area contributed by atoms with Gasteiger partial charge >= 0.3 is 0 Å². The fourth-order valence-corrected chi connectivity index (χ4v) is 2.69. The number of aryl methyl sites for hydroxylation is 1. The van der Waals surface area contributed by atoms with E-state index in [4.69, 9.17) is 5.73 Å². The molecule has 0 saturated heterocycles. The van der Waals surface area contributed by atoms with Gasteiger partial charge < -0.3 is 15.6 Å². The zero-order valence-electron chi connectivity index (χ0n) is 15.3. The summed E-state index contributed by atoms with van der Waals surface area (Å²) < 4.78 is 2.12. The van der Waals surface area contributed by atoms with Crippen LogP contribution in [0.2, 0.25) is 0 Å². The second-order valence-corrected chi connectivity index (χ2v) is 6.92. The predicted octanol–water partition coefficient (Wildman–Crippen LogP) is 2.65. The number of hydrogen-bond acceptors (Lipinski definition) is 3. The molecule has 1 amide bonds. The van der Waals surface area contributed by atoms with Crippen LogP contribution in [0, 0.1) is 19.8 Å². The second kappa shape index (κ2) is 7.18. The summed E-state index contributed by atoms with van der Waals surface area (Å²) in [5.41, 5.74) is 9.12. The van der Waals surface area contributed by atoms with E-state index in [0.29, 0.717) is 18.7 Å². The lowest BCUT2D eigenvalue weighted by Crippen LogP contribution is -2.55. The third-order valence-electron chi connectivity index (χ3n) is 4.96. The van der Waals surface area contributed by atoms with E-state index in [1.165, 1.54) is 0 Å². The average Bonchev–Trinajstić information content (AvgIpc) is 2.83. The van der Waals surface area contributed by atoms with Crippen molar-refractivity contribution in [3.8, 4) is 0 Å². The standard InChI is InChI=1S/C19H28N4O/c1-13(2)19(5,12-20)22-18(24)17-10-14(3)23(15(17)4)11-16-8-6-7-9-21-16/h6-10,13H,11-12,20H2,1-5H3,(H,22,24). The highest BCUT2D eigenvalue weighted by Gasteiger charge is 2.30. The van der Waals surface area contributed by atoms with Gasteiger partial charge in [0, 0.05) is 24.1 Å². The van der Waals surface area contributed by atoms with Crippen molar-refractivity contribution >= 4 is 5.91 Å². The summed E-state index contributed by atoms with van der Waals surface area (Å²) in [5.74, 6) is 0.181. The number of amides is 1. The van der Waals surface area contributed by atoms with Gasteiger partial charge in [-0.2, -0.15) is 0 Å². The van der Waals surface area contributed by atoms with Crippen molar-refractivity contribution < 1.29 is 4.79 Å². The van der Waals surface area contributed by atoms with Gasteiger partial charge in [-0.05, 0) is 44.9 Å². The topological polar surface area (TPSA) is 72.9 Å². The Hall–Kier alpha value is -2.14. The summed E-state index contributed by atoms with van der Waals surface area (Å²) >= 11 is 0. The Labute approximate surface area is 144 Å². The first-order chi connectivity index (χ1) is 11.3. The highest BCUT2D eigenvalue weighted by molar-refractivity contribution is 5.96. The van der Waals surface area contributed by atoms with Crippen molar-refractivity contribution in [2.24, 2.45) is 11.7 Å². The summed E-state index contributed by atoms with van der Waals surface area (Å²) in [6, 6.07) is 7.80. The fourth-order valence-electron chi connectivity index (χ4n) is 2.69. The molecule has 0 bridgehead atoms. The molecule has 0 aromatic carbocycles. The first-order valence-corrected chi connectivity index (χ1v) is 8.37. The molecule has 0 aliphatic carbocycles. The SMILES string of the molecule is Cc1cc(C(=O)NC(C)(CN)C(C)C)c(C)n1Cc1ccccn1. The normalized spacial score (nSPS) is 13.8. The van der Waals surface area contributed by atoms with Gasteiger partial charge in [-0.1, -0.05) is 19.9 Å². The van der Waals surface area contributed by atoms with E-state index in [-0.39, 0.29) is 11.8 Å². The first kappa shape index (κ1) is 18.2. The van der Waals surface area contributed by atoms with Crippen LogP contribution < -0.4 is 11.1 Å². The van der Waals surface area contributed by atoms with E-state index in [0.717, 1.165) is 17.1 Å². The lowest BCUT2D eigenvalue weighted by Gasteiger charge is -2.33. The van der Waals surface area contributed by atoms with Crippen LogP contribution in [0.4, 0.5) is 0 Å². The number of carbonyl (C=O) groups is 1. The van der Waals surface area contributed by atoms with Gasteiger partial charge in [-0.3, -0.25) is 9.78 Å². The highest BCUT2D eigenvalue weighted by Crippen LogP contribution is 2.20. The zero-order chi connectivity index (χ0) is 17.9. The van der Waals surface area contributed by atoms with E-state index in [1.807, 2.05) is 45.0 Å². The van der Waals surface area contributed by atoms with Crippen LogP contribution in [0.25, 0.3) is 0 Å². The van der Waals surface area contributed by atoms with Crippen LogP contribution in [-0.4, -0.2) is 27.5 Å². The number of nitrogens with one attached hydrogen (secondary N) is 1. The third-order valence-corrected chi connectivity index (χ3v) is 4.96. The molecule has 0 spiro atoms. The monoisotopic (exact) mass is 328 g/mol. The van der Waals surface area contributed by atoms with Crippen molar-refractivity contribution in [3.63, 3.8) is 0 Å². The maximum absolute atomic E-state index is 12.8. The Kier molecular flexibility index (Phi) is 5.44. The molecule has 24 heavy (non-hydrogen) atoms. The van der Waals surface area contributed by atoms with E-state index >= 15 is 0 Å². The summed E-state index contributed by atoms with van der Waals surface area (Å²) in [4.78, 5) is 17.1. The van der Waals surface area contributed by atoms with Gasteiger partial charge in [-0.25, -0.2) is 0 Å². The lowest BCUT2D eigenvalue weighted by molar-refractivity contribution is 0.0882. The Morgan fingerprint density at radius 2 is 2.08 bits per heavy atom. The minimum Gasteiger partial charge on any atom is -0.345 e. The maximum atomic E-state index is 12.8. The maximum Gasteiger partial charge on any atom is 0.253 e. The van der Waals surface area contributed by atoms with Crippen LogP contribution in [0.15, 0.2) is 30.5 Å². The van der Waals surface area contributed by atoms with Crippen LogP contribution in [0.3, 0.4) is 0 Å². The molecular weight excluding hydrogens is 300 g/mol. The number of nitrogens with two attached hydrogens (primary N) is 1. The van der Waals surface area contributed by atoms with Crippen molar-refractivity contribution in [3.05, 3.63) is 53.1 Å². The number of hydrogen-bond donors (Lipinski definition) is 2. The highest BCUT2D eigenvalue weighted by atomic mass is 16.1.